The van der Waals surface area contributed by atoms with Crippen molar-refractivity contribution in [1.82, 2.24) is 0 Å². The van der Waals surface area contributed by atoms with Crippen molar-refractivity contribution in [2.45, 2.75) is 11.5 Å². The average molecular weight is 389 g/mol. The van der Waals surface area contributed by atoms with Gasteiger partial charge in [0.2, 0.25) is 0 Å². The number of hydrogen-bond donors (Lipinski definition) is 2. The van der Waals surface area contributed by atoms with E-state index in [1.807, 2.05) is 54.7 Å². The van der Waals surface area contributed by atoms with Crippen LogP contribution in [0, 0.1) is 6.92 Å². The van der Waals surface area contributed by atoms with E-state index in [9.17, 15) is 9.59 Å². The predicted octanol–water partition coefficient (Wildman–Crippen LogP) is 4.19. The number of benzene rings is 2. The van der Waals surface area contributed by atoms with Crippen LogP contribution >= 0.6 is 23.5 Å². The van der Waals surface area contributed by atoms with Gasteiger partial charge in [0.15, 0.2) is 6.61 Å². The molecule has 0 aliphatic carbocycles. The van der Waals surface area contributed by atoms with Gasteiger partial charge in [-0.15, -0.1) is 23.5 Å². The van der Waals surface area contributed by atoms with Crippen molar-refractivity contribution in [2.24, 2.45) is 0 Å². The second kappa shape index (κ2) is 8.51. The van der Waals surface area contributed by atoms with Crippen molar-refractivity contribution in [3.63, 3.8) is 0 Å². The topological polar surface area (TPSA) is 75.6 Å². The van der Waals surface area contributed by atoms with Gasteiger partial charge in [0.25, 0.3) is 5.91 Å². The Bertz CT molecular complexity index is 802. The molecule has 0 atom stereocenters. The van der Waals surface area contributed by atoms with E-state index in [-0.39, 0.29) is 5.91 Å². The highest BCUT2D eigenvalue weighted by Crippen LogP contribution is 2.45. The molecule has 0 aromatic heterocycles. The first kappa shape index (κ1) is 18.7. The number of aliphatic carboxylic acids is 1. The molecule has 2 N–H and O–H groups in total. The molecule has 0 bridgehead atoms. The number of hydrogen-bond acceptors (Lipinski definition) is 5. The Morgan fingerprint density at radius 3 is 2.46 bits per heavy atom. The summed E-state index contributed by atoms with van der Waals surface area (Å²) in [5, 5.41) is 11.5. The van der Waals surface area contributed by atoms with Crippen LogP contribution in [0.2, 0.25) is 0 Å². The molecule has 1 aliphatic rings. The molecule has 1 amide bonds. The van der Waals surface area contributed by atoms with Crippen LogP contribution in [0.4, 0.5) is 5.69 Å². The first-order valence-corrected chi connectivity index (χ1v) is 10.2. The molecule has 0 radical (unpaired) electrons. The van der Waals surface area contributed by atoms with E-state index < -0.39 is 12.6 Å². The number of anilines is 1. The normalized spacial score (nSPS) is 14.2. The fourth-order valence-corrected chi connectivity index (χ4v) is 5.41. The quantitative estimate of drug-likeness (QED) is 0.772. The molecule has 2 aromatic carbocycles. The van der Waals surface area contributed by atoms with E-state index >= 15 is 0 Å². The van der Waals surface area contributed by atoms with Crippen LogP contribution in [0.5, 0.6) is 5.75 Å². The lowest BCUT2D eigenvalue weighted by Crippen LogP contribution is -2.13. The number of thioether (sulfide) groups is 2. The van der Waals surface area contributed by atoms with Gasteiger partial charge >= 0.3 is 5.97 Å². The summed E-state index contributed by atoms with van der Waals surface area (Å²) >= 11 is 3.87. The number of carboxylic acid groups (broad SMARTS) is 1. The fourth-order valence-electron chi connectivity index (χ4n) is 2.55. The first-order chi connectivity index (χ1) is 12.5. The monoisotopic (exact) mass is 389 g/mol. The molecule has 1 saturated heterocycles. The maximum Gasteiger partial charge on any atom is 0.341 e. The Morgan fingerprint density at radius 2 is 1.85 bits per heavy atom. The summed E-state index contributed by atoms with van der Waals surface area (Å²) in [6, 6.07) is 12.8. The third-order valence-electron chi connectivity index (χ3n) is 3.88. The highest BCUT2D eigenvalue weighted by Gasteiger charge is 2.18. The van der Waals surface area contributed by atoms with E-state index in [2.05, 4.69) is 5.32 Å². The maximum absolute atomic E-state index is 12.5. The highest BCUT2D eigenvalue weighted by molar-refractivity contribution is 8.19. The van der Waals surface area contributed by atoms with Gasteiger partial charge < -0.3 is 15.2 Å². The van der Waals surface area contributed by atoms with Gasteiger partial charge in [0, 0.05) is 22.8 Å². The zero-order valence-corrected chi connectivity index (χ0v) is 15.9. The number of carboxylic acids is 1. The largest absolute Gasteiger partial charge is 0.482 e. The molecular weight excluding hydrogens is 370 g/mol. The van der Waals surface area contributed by atoms with E-state index in [1.54, 1.807) is 18.2 Å². The first-order valence-electron chi connectivity index (χ1n) is 8.13. The predicted molar refractivity (Wildman–Crippen MR) is 106 cm³/mol. The molecule has 3 rings (SSSR count). The minimum atomic E-state index is -1.03. The van der Waals surface area contributed by atoms with Crippen molar-refractivity contribution >= 4 is 41.1 Å². The number of ether oxygens (including phenoxy) is 1. The van der Waals surface area contributed by atoms with Crippen LogP contribution in [0.15, 0.2) is 42.5 Å². The van der Waals surface area contributed by atoms with Gasteiger partial charge in [-0.1, -0.05) is 12.1 Å². The van der Waals surface area contributed by atoms with Gasteiger partial charge in [-0.25, -0.2) is 4.79 Å². The molecule has 1 aliphatic heterocycles. The van der Waals surface area contributed by atoms with Gasteiger partial charge in [0.1, 0.15) is 5.75 Å². The summed E-state index contributed by atoms with van der Waals surface area (Å²) in [5.41, 5.74) is 3.32. The second-order valence-corrected chi connectivity index (χ2v) is 8.53. The number of amides is 1. The molecule has 0 unspecified atom stereocenters. The second-order valence-electron chi connectivity index (χ2n) is 5.81. The summed E-state index contributed by atoms with van der Waals surface area (Å²) in [5.74, 6) is 1.59. The summed E-state index contributed by atoms with van der Waals surface area (Å²) < 4.78 is 5.60. The maximum atomic E-state index is 12.5. The smallest absolute Gasteiger partial charge is 0.341 e. The number of rotatable bonds is 6. The molecular formula is C19H19NO4S2. The summed E-state index contributed by atoms with van der Waals surface area (Å²) in [4.78, 5) is 23.0. The Labute approximate surface area is 160 Å². The molecule has 7 heteroatoms. The fraction of sp³-hybridized carbons (Fsp3) is 0.263. The van der Waals surface area contributed by atoms with E-state index in [4.69, 9.17) is 9.84 Å². The van der Waals surface area contributed by atoms with Crippen LogP contribution < -0.4 is 10.1 Å². The van der Waals surface area contributed by atoms with Crippen LogP contribution in [0.1, 0.15) is 26.1 Å². The lowest BCUT2D eigenvalue weighted by atomic mass is 10.1. The van der Waals surface area contributed by atoms with Crippen LogP contribution in [0.25, 0.3) is 0 Å². The van der Waals surface area contributed by atoms with Crippen LogP contribution in [-0.4, -0.2) is 35.1 Å². The van der Waals surface area contributed by atoms with Gasteiger partial charge in [-0.05, 0) is 48.4 Å². The third kappa shape index (κ3) is 4.74. The molecule has 5 nitrogen and oxygen atoms in total. The molecule has 0 spiro atoms. The van der Waals surface area contributed by atoms with Gasteiger partial charge in [-0.3, -0.25) is 4.79 Å². The zero-order valence-electron chi connectivity index (χ0n) is 14.2. The van der Waals surface area contributed by atoms with E-state index in [0.717, 1.165) is 5.56 Å². The third-order valence-corrected chi connectivity index (χ3v) is 6.98. The molecule has 136 valence electrons. The summed E-state index contributed by atoms with van der Waals surface area (Å²) in [6.45, 7) is 1.44. The lowest BCUT2D eigenvalue weighted by molar-refractivity contribution is -0.139. The minimum absolute atomic E-state index is 0.175. The van der Waals surface area contributed by atoms with Gasteiger partial charge in [0.05, 0.1) is 4.58 Å². The number of nitrogens with one attached hydrogen (secondary N) is 1. The van der Waals surface area contributed by atoms with Crippen LogP contribution in [-0.2, 0) is 4.79 Å². The Morgan fingerprint density at radius 1 is 1.15 bits per heavy atom. The molecule has 1 fully saturated rings. The summed E-state index contributed by atoms with van der Waals surface area (Å²) in [7, 11) is 0. The van der Waals surface area contributed by atoms with Crippen LogP contribution in [0.3, 0.4) is 0 Å². The number of carbonyl (C=O) groups excluding carboxylic acids is 1. The van der Waals surface area contributed by atoms with Crippen molar-refractivity contribution in [3.8, 4) is 5.75 Å². The molecule has 2 aromatic rings. The minimum Gasteiger partial charge on any atom is -0.482 e. The average Bonchev–Trinajstić information content (AvgIpc) is 3.16. The zero-order chi connectivity index (χ0) is 18.5. The van der Waals surface area contributed by atoms with Crippen molar-refractivity contribution in [1.29, 1.82) is 0 Å². The Balaban J connectivity index is 1.64. The Hall–Kier alpha value is -2.12. The van der Waals surface area contributed by atoms with Crippen molar-refractivity contribution in [2.75, 3.05) is 23.4 Å². The highest BCUT2D eigenvalue weighted by atomic mass is 32.2. The van der Waals surface area contributed by atoms with E-state index in [0.29, 0.717) is 21.6 Å². The van der Waals surface area contributed by atoms with E-state index in [1.165, 1.54) is 17.1 Å². The molecule has 26 heavy (non-hydrogen) atoms. The van der Waals surface area contributed by atoms with Crippen molar-refractivity contribution < 1.29 is 19.4 Å². The lowest BCUT2D eigenvalue weighted by Gasteiger charge is -2.12. The van der Waals surface area contributed by atoms with Crippen molar-refractivity contribution in [3.05, 3.63) is 59.2 Å². The SMILES string of the molecule is Cc1cc(OCC(=O)O)ccc1NC(=O)c1ccc(C2SCCS2)cc1. The number of aryl methyl sites for hydroxylation is 1. The number of carbonyl (C=O) groups is 2. The Kier molecular flexibility index (Phi) is 6.11. The molecule has 0 saturated carbocycles. The van der Waals surface area contributed by atoms with Gasteiger partial charge in [-0.2, -0.15) is 0 Å². The molecule has 1 heterocycles. The standard InChI is InChI=1S/C19H19NO4S2/c1-12-10-15(24-11-17(21)22)6-7-16(12)20-18(23)13-2-4-14(5-3-13)19-25-8-9-26-19/h2-7,10,19H,8-9,11H2,1H3,(H,20,23)(H,21,22). The summed E-state index contributed by atoms with van der Waals surface area (Å²) in [6.07, 6.45) is 0.